The van der Waals surface area contributed by atoms with Crippen molar-refractivity contribution in [2.75, 3.05) is 6.54 Å². The normalized spacial score (nSPS) is 12.1. The van der Waals surface area contributed by atoms with Crippen LogP contribution in [-0.4, -0.2) is 26.9 Å². The molecule has 2 aromatic carbocycles. The largest absolute Gasteiger partial charge is 0.459 e. The first-order valence-electron chi connectivity index (χ1n) is 10.5. The second-order valence-electron chi connectivity index (χ2n) is 7.39. The van der Waals surface area contributed by atoms with Crippen molar-refractivity contribution in [3.8, 4) is 5.69 Å². The van der Waals surface area contributed by atoms with Gasteiger partial charge < -0.3 is 9.32 Å². The van der Waals surface area contributed by atoms with E-state index in [1.165, 1.54) is 11.8 Å². The van der Waals surface area contributed by atoms with Crippen LogP contribution in [0.4, 0.5) is 0 Å². The number of amides is 1. The highest BCUT2D eigenvalue weighted by Crippen LogP contribution is 2.24. The Balaban J connectivity index is 1.90. The standard InChI is InChI=1S/C25H25N3O3/c1-4-18-12-14-19(15-13-18)28-23(26-21-10-7-6-9-20(21)24(28)29)17(3)27(5-2)25(30)22-11-8-16-31-22/h6-17H,4-5H2,1-3H3. The molecule has 4 rings (SSSR count). The topological polar surface area (TPSA) is 68.3 Å². The molecule has 1 amide bonds. The predicted octanol–water partition coefficient (Wildman–Crippen LogP) is 4.76. The molecule has 2 aromatic heterocycles. The van der Waals surface area contributed by atoms with E-state index in [1.807, 2.05) is 56.3 Å². The number of carbonyl (C=O) groups is 1. The molecule has 0 aliphatic carbocycles. The van der Waals surface area contributed by atoms with Crippen LogP contribution in [0.25, 0.3) is 16.6 Å². The Morgan fingerprint density at radius 1 is 1.06 bits per heavy atom. The quantitative estimate of drug-likeness (QED) is 0.455. The summed E-state index contributed by atoms with van der Waals surface area (Å²) in [7, 11) is 0. The molecule has 0 spiro atoms. The molecule has 1 atom stereocenters. The summed E-state index contributed by atoms with van der Waals surface area (Å²) in [4.78, 5) is 33.1. The van der Waals surface area contributed by atoms with Gasteiger partial charge in [0.15, 0.2) is 5.76 Å². The minimum absolute atomic E-state index is 0.154. The molecule has 4 aromatic rings. The second kappa shape index (κ2) is 8.60. The summed E-state index contributed by atoms with van der Waals surface area (Å²) in [6.45, 7) is 6.32. The number of para-hydroxylation sites is 1. The third-order valence-corrected chi connectivity index (χ3v) is 5.58. The van der Waals surface area contributed by atoms with Gasteiger partial charge in [-0.3, -0.25) is 14.2 Å². The van der Waals surface area contributed by atoms with Crippen LogP contribution in [0.3, 0.4) is 0 Å². The van der Waals surface area contributed by atoms with E-state index in [2.05, 4.69) is 6.92 Å². The summed E-state index contributed by atoms with van der Waals surface area (Å²) in [5.41, 5.74) is 2.36. The van der Waals surface area contributed by atoms with E-state index in [0.29, 0.717) is 23.3 Å². The van der Waals surface area contributed by atoms with Crippen molar-refractivity contribution in [1.29, 1.82) is 0 Å². The van der Waals surface area contributed by atoms with Crippen LogP contribution >= 0.6 is 0 Å². The van der Waals surface area contributed by atoms with E-state index in [4.69, 9.17) is 9.40 Å². The van der Waals surface area contributed by atoms with Crippen LogP contribution in [0.2, 0.25) is 0 Å². The average Bonchev–Trinajstić information content (AvgIpc) is 3.34. The van der Waals surface area contributed by atoms with Crippen LogP contribution < -0.4 is 5.56 Å². The molecule has 0 N–H and O–H groups in total. The molecule has 1 unspecified atom stereocenters. The number of rotatable bonds is 6. The highest BCUT2D eigenvalue weighted by atomic mass is 16.3. The summed E-state index contributed by atoms with van der Waals surface area (Å²) >= 11 is 0. The van der Waals surface area contributed by atoms with Gasteiger partial charge in [-0.1, -0.05) is 31.2 Å². The minimum Gasteiger partial charge on any atom is -0.459 e. The van der Waals surface area contributed by atoms with Crippen molar-refractivity contribution in [1.82, 2.24) is 14.5 Å². The maximum absolute atomic E-state index is 13.5. The minimum atomic E-state index is -0.453. The number of hydrogen-bond donors (Lipinski definition) is 0. The summed E-state index contributed by atoms with van der Waals surface area (Å²) in [6, 6.07) is 18.0. The average molecular weight is 415 g/mol. The number of fused-ring (bicyclic) bond motifs is 1. The van der Waals surface area contributed by atoms with E-state index >= 15 is 0 Å². The number of nitrogens with zero attached hydrogens (tertiary/aromatic N) is 3. The summed E-state index contributed by atoms with van der Waals surface area (Å²) in [5, 5.41) is 0.540. The fraction of sp³-hybridized carbons (Fsp3) is 0.240. The van der Waals surface area contributed by atoms with E-state index in [0.717, 1.165) is 12.1 Å². The molecular formula is C25H25N3O3. The lowest BCUT2D eigenvalue weighted by Gasteiger charge is -2.29. The Morgan fingerprint density at radius 3 is 2.45 bits per heavy atom. The molecule has 0 radical (unpaired) electrons. The summed E-state index contributed by atoms with van der Waals surface area (Å²) in [5.74, 6) is 0.528. The number of aromatic nitrogens is 2. The maximum Gasteiger partial charge on any atom is 0.290 e. The Bertz CT molecular complexity index is 1260. The Kier molecular flexibility index (Phi) is 5.71. The van der Waals surface area contributed by atoms with Crippen LogP contribution in [0.15, 0.2) is 76.1 Å². The summed E-state index contributed by atoms with van der Waals surface area (Å²) in [6.07, 6.45) is 2.39. The second-order valence-corrected chi connectivity index (χ2v) is 7.39. The van der Waals surface area contributed by atoms with E-state index < -0.39 is 6.04 Å². The number of hydrogen-bond acceptors (Lipinski definition) is 4. The van der Waals surface area contributed by atoms with Crippen LogP contribution in [0.1, 0.15) is 48.8 Å². The van der Waals surface area contributed by atoms with Gasteiger partial charge in [-0.15, -0.1) is 0 Å². The van der Waals surface area contributed by atoms with Crippen LogP contribution in [-0.2, 0) is 6.42 Å². The molecule has 0 aliphatic heterocycles. The first-order chi connectivity index (χ1) is 15.0. The van der Waals surface area contributed by atoms with Gasteiger partial charge in [-0.05, 0) is 62.2 Å². The maximum atomic E-state index is 13.5. The van der Waals surface area contributed by atoms with E-state index in [1.54, 1.807) is 27.7 Å². The molecule has 0 bridgehead atoms. The molecular weight excluding hydrogens is 390 g/mol. The Labute approximate surface area is 180 Å². The number of benzene rings is 2. The van der Waals surface area contributed by atoms with Gasteiger partial charge in [0.25, 0.3) is 11.5 Å². The van der Waals surface area contributed by atoms with Crippen LogP contribution in [0.5, 0.6) is 0 Å². The van der Waals surface area contributed by atoms with Gasteiger partial charge in [0, 0.05) is 6.54 Å². The van der Waals surface area contributed by atoms with Gasteiger partial charge in [0.1, 0.15) is 5.82 Å². The molecule has 2 heterocycles. The van der Waals surface area contributed by atoms with Gasteiger partial charge >= 0.3 is 0 Å². The third-order valence-electron chi connectivity index (χ3n) is 5.58. The van der Waals surface area contributed by atoms with Crippen LogP contribution in [0, 0.1) is 0 Å². The third kappa shape index (κ3) is 3.77. The van der Waals surface area contributed by atoms with Crippen molar-refractivity contribution >= 4 is 16.8 Å². The zero-order chi connectivity index (χ0) is 22.0. The highest BCUT2D eigenvalue weighted by Gasteiger charge is 2.27. The monoisotopic (exact) mass is 415 g/mol. The van der Waals surface area contributed by atoms with Crippen molar-refractivity contribution in [3.05, 3.63) is 94.4 Å². The van der Waals surface area contributed by atoms with E-state index in [-0.39, 0.29) is 17.2 Å². The zero-order valence-electron chi connectivity index (χ0n) is 17.9. The smallest absolute Gasteiger partial charge is 0.290 e. The van der Waals surface area contributed by atoms with Gasteiger partial charge in [0.2, 0.25) is 0 Å². The molecule has 0 saturated heterocycles. The first kappa shape index (κ1) is 20.6. The van der Waals surface area contributed by atoms with Crippen molar-refractivity contribution in [2.45, 2.75) is 33.2 Å². The number of aryl methyl sites for hydroxylation is 1. The fourth-order valence-corrected chi connectivity index (χ4v) is 3.83. The van der Waals surface area contributed by atoms with Crippen molar-refractivity contribution in [3.63, 3.8) is 0 Å². The lowest BCUT2D eigenvalue weighted by molar-refractivity contribution is 0.0660. The van der Waals surface area contributed by atoms with Gasteiger partial charge in [-0.25, -0.2) is 4.98 Å². The SMILES string of the molecule is CCc1ccc(-n2c(C(C)N(CC)C(=O)c3ccco3)nc3ccccc3c2=O)cc1. The highest BCUT2D eigenvalue weighted by molar-refractivity contribution is 5.91. The molecule has 158 valence electrons. The Hall–Kier alpha value is -3.67. The van der Waals surface area contributed by atoms with Crippen molar-refractivity contribution in [2.24, 2.45) is 0 Å². The molecule has 31 heavy (non-hydrogen) atoms. The molecule has 0 fully saturated rings. The van der Waals surface area contributed by atoms with E-state index in [9.17, 15) is 9.59 Å². The zero-order valence-corrected chi connectivity index (χ0v) is 17.9. The summed E-state index contributed by atoms with van der Waals surface area (Å²) < 4.78 is 6.93. The Morgan fingerprint density at radius 2 is 1.81 bits per heavy atom. The predicted molar refractivity (Wildman–Crippen MR) is 121 cm³/mol. The fourth-order valence-electron chi connectivity index (χ4n) is 3.83. The molecule has 0 aliphatic rings. The molecule has 6 heteroatoms. The van der Waals surface area contributed by atoms with Gasteiger partial charge in [0.05, 0.1) is 28.9 Å². The van der Waals surface area contributed by atoms with Gasteiger partial charge in [-0.2, -0.15) is 0 Å². The number of carbonyl (C=O) groups excluding carboxylic acids is 1. The first-order valence-corrected chi connectivity index (χ1v) is 10.5. The number of furan rings is 1. The lowest BCUT2D eigenvalue weighted by atomic mass is 10.1. The van der Waals surface area contributed by atoms with Crippen molar-refractivity contribution < 1.29 is 9.21 Å². The lowest BCUT2D eigenvalue weighted by Crippen LogP contribution is -2.37. The molecule has 0 saturated carbocycles. The molecule has 6 nitrogen and oxygen atoms in total.